The topological polar surface area (TPSA) is 75.1 Å². The number of anilines is 2. The smallest absolute Gasteiger partial charge is 0.335 e. The van der Waals surface area contributed by atoms with E-state index in [9.17, 15) is 4.79 Å². The molecule has 0 bridgehead atoms. The van der Waals surface area contributed by atoms with Gasteiger partial charge in [0.1, 0.15) is 17.0 Å². The van der Waals surface area contributed by atoms with Crippen molar-refractivity contribution in [3.8, 4) is 0 Å². The predicted molar refractivity (Wildman–Crippen MR) is 78.8 cm³/mol. The van der Waals surface area contributed by atoms with Gasteiger partial charge in [-0.1, -0.05) is 6.07 Å². The van der Waals surface area contributed by atoms with Crippen molar-refractivity contribution < 1.29 is 9.90 Å². The second-order valence-corrected chi connectivity index (χ2v) is 5.54. The Balaban J connectivity index is 2.01. The summed E-state index contributed by atoms with van der Waals surface area (Å²) in [6.07, 6.45) is 1.50. The van der Waals surface area contributed by atoms with Crippen LogP contribution in [0.1, 0.15) is 15.2 Å². The number of nitrogens with one attached hydrogen (secondary N) is 1. The molecule has 2 N–H and O–H groups in total. The molecule has 3 rings (SSSR count). The van der Waals surface area contributed by atoms with Crippen LogP contribution in [-0.4, -0.2) is 21.0 Å². The average Bonchev–Trinajstić information content (AvgIpc) is 2.80. The molecule has 0 fully saturated rings. The highest BCUT2D eigenvalue weighted by Crippen LogP contribution is 2.29. The molecule has 0 aliphatic carbocycles. The third-order valence-electron chi connectivity index (χ3n) is 2.82. The van der Waals surface area contributed by atoms with Crippen LogP contribution in [0.4, 0.5) is 11.5 Å². The van der Waals surface area contributed by atoms with Crippen molar-refractivity contribution in [2.24, 2.45) is 0 Å². The minimum atomic E-state index is -0.951. The van der Waals surface area contributed by atoms with E-state index >= 15 is 0 Å². The summed E-state index contributed by atoms with van der Waals surface area (Å²) in [6, 6.07) is 8.65. The van der Waals surface area contributed by atoms with Gasteiger partial charge in [-0.15, -0.1) is 11.3 Å². The summed E-state index contributed by atoms with van der Waals surface area (Å²) >= 11 is 1.60. The number of carbonyl (C=O) groups is 1. The van der Waals surface area contributed by atoms with Crippen LogP contribution in [0.15, 0.2) is 36.7 Å². The van der Waals surface area contributed by atoms with E-state index < -0.39 is 5.97 Å². The Labute approximate surface area is 118 Å². The van der Waals surface area contributed by atoms with Crippen LogP contribution in [0.2, 0.25) is 0 Å². The van der Waals surface area contributed by atoms with Crippen molar-refractivity contribution in [2.45, 2.75) is 6.92 Å². The molecule has 0 unspecified atom stereocenters. The number of carboxylic acids is 1. The van der Waals surface area contributed by atoms with Gasteiger partial charge in [0, 0.05) is 10.6 Å². The van der Waals surface area contributed by atoms with E-state index in [4.69, 9.17) is 5.11 Å². The molecule has 3 aromatic rings. The number of benzene rings is 1. The summed E-state index contributed by atoms with van der Waals surface area (Å²) in [5.74, 6) is -0.269. The van der Waals surface area contributed by atoms with E-state index in [0.717, 1.165) is 15.1 Å². The second kappa shape index (κ2) is 4.90. The molecule has 0 aliphatic rings. The fourth-order valence-electron chi connectivity index (χ4n) is 1.94. The normalized spacial score (nSPS) is 10.7. The number of rotatable bonds is 3. The lowest BCUT2D eigenvalue weighted by Crippen LogP contribution is -1.99. The zero-order chi connectivity index (χ0) is 14.1. The molecule has 0 radical (unpaired) electrons. The highest BCUT2D eigenvalue weighted by atomic mass is 32.1. The van der Waals surface area contributed by atoms with Crippen molar-refractivity contribution >= 4 is 39.0 Å². The quantitative estimate of drug-likeness (QED) is 0.771. The van der Waals surface area contributed by atoms with Gasteiger partial charge in [-0.05, 0) is 31.2 Å². The van der Waals surface area contributed by atoms with Crippen LogP contribution in [-0.2, 0) is 0 Å². The first-order chi connectivity index (χ1) is 9.63. The van der Waals surface area contributed by atoms with Crippen molar-refractivity contribution in [3.63, 3.8) is 0 Å². The number of hydrogen-bond donors (Lipinski definition) is 2. The molecule has 20 heavy (non-hydrogen) atoms. The molecule has 0 saturated heterocycles. The highest BCUT2D eigenvalue weighted by molar-refractivity contribution is 7.18. The lowest BCUT2D eigenvalue weighted by molar-refractivity contribution is 0.0697. The largest absolute Gasteiger partial charge is 0.478 e. The molecule has 0 saturated carbocycles. The van der Waals surface area contributed by atoms with Crippen LogP contribution in [0.25, 0.3) is 10.2 Å². The van der Waals surface area contributed by atoms with Crippen LogP contribution in [0.5, 0.6) is 0 Å². The molecule has 100 valence electrons. The van der Waals surface area contributed by atoms with E-state index in [2.05, 4.69) is 15.3 Å². The molecule has 1 aromatic carbocycles. The molecule has 6 heteroatoms. The summed E-state index contributed by atoms with van der Waals surface area (Å²) in [5.41, 5.74) is 0.926. The van der Waals surface area contributed by atoms with Gasteiger partial charge in [-0.3, -0.25) is 0 Å². The zero-order valence-corrected chi connectivity index (χ0v) is 11.4. The van der Waals surface area contributed by atoms with Crippen LogP contribution in [0.3, 0.4) is 0 Å². The predicted octanol–water partition coefficient (Wildman–Crippen LogP) is 3.44. The maximum Gasteiger partial charge on any atom is 0.335 e. The second-order valence-electron chi connectivity index (χ2n) is 4.31. The van der Waals surface area contributed by atoms with Crippen molar-refractivity contribution in [1.29, 1.82) is 0 Å². The minimum Gasteiger partial charge on any atom is -0.478 e. The van der Waals surface area contributed by atoms with E-state index in [-0.39, 0.29) is 5.56 Å². The Kier molecular flexibility index (Phi) is 3.08. The number of fused-ring (bicyclic) bond motifs is 1. The number of aryl methyl sites for hydroxylation is 1. The number of hydrogen-bond acceptors (Lipinski definition) is 5. The van der Waals surface area contributed by atoms with Gasteiger partial charge in [-0.25, -0.2) is 14.8 Å². The SMILES string of the molecule is Cc1cc2c(Nc3cccc(C(=O)O)c3)ncnc2s1. The third kappa shape index (κ3) is 2.33. The number of carboxylic acid groups (broad SMARTS) is 1. The summed E-state index contributed by atoms with van der Waals surface area (Å²) < 4.78 is 0. The number of aromatic nitrogens is 2. The zero-order valence-electron chi connectivity index (χ0n) is 10.6. The van der Waals surface area contributed by atoms with E-state index in [0.29, 0.717) is 11.5 Å². The summed E-state index contributed by atoms with van der Waals surface area (Å²) in [5, 5.41) is 13.1. The van der Waals surface area contributed by atoms with Gasteiger partial charge < -0.3 is 10.4 Å². The Morgan fingerprint density at radius 1 is 1.30 bits per heavy atom. The molecule has 2 heterocycles. The molecular weight excluding hydrogens is 274 g/mol. The summed E-state index contributed by atoms with van der Waals surface area (Å²) in [6.45, 7) is 2.02. The Hall–Kier alpha value is -2.47. The molecule has 0 amide bonds. The lowest BCUT2D eigenvalue weighted by Gasteiger charge is -2.06. The molecule has 0 atom stereocenters. The molecule has 5 nitrogen and oxygen atoms in total. The van der Waals surface area contributed by atoms with Crippen LogP contribution in [0, 0.1) is 6.92 Å². The summed E-state index contributed by atoms with van der Waals surface area (Å²) in [7, 11) is 0. The van der Waals surface area contributed by atoms with E-state index in [1.807, 2.05) is 13.0 Å². The van der Waals surface area contributed by atoms with Gasteiger partial charge >= 0.3 is 5.97 Å². The van der Waals surface area contributed by atoms with E-state index in [1.165, 1.54) is 6.33 Å². The molecule has 2 aromatic heterocycles. The minimum absolute atomic E-state index is 0.238. The van der Waals surface area contributed by atoms with Gasteiger partial charge in [0.05, 0.1) is 10.9 Å². The van der Waals surface area contributed by atoms with Gasteiger partial charge in [0.25, 0.3) is 0 Å². The molecule has 0 spiro atoms. The fraction of sp³-hybridized carbons (Fsp3) is 0.0714. The van der Waals surface area contributed by atoms with Crippen LogP contribution < -0.4 is 5.32 Å². The van der Waals surface area contributed by atoms with Crippen molar-refractivity contribution in [2.75, 3.05) is 5.32 Å². The number of thiophene rings is 1. The van der Waals surface area contributed by atoms with Crippen LogP contribution >= 0.6 is 11.3 Å². The molecule has 0 aliphatic heterocycles. The fourth-order valence-corrected chi connectivity index (χ4v) is 2.79. The first kappa shape index (κ1) is 12.6. The number of aromatic carboxylic acids is 1. The van der Waals surface area contributed by atoms with Gasteiger partial charge in [0.15, 0.2) is 0 Å². The Morgan fingerprint density at radius 2 is 2.15 bits per heavy atom. The summed E-state index contributed by atoms with van der Waals surface area (Å²) in [4.78, 5) is 21.5. The Bertz CT molecular complexity index is 798. The standard InChI is InChI=1S/C14H11N3O2S/c1-8-5-11-12(15-7-16-13(11)20-8)17-10-4-2-3-9(6-10)14(18)19/h2-7H,1H3,(H,18,19)(H,15,16,17). The van der Waals surface area contributed by atoms with Crippen molar-refractivity contribution in [3.05, 3.63) is 47.1 Å². The molecular formula is C14H11N3O2S. The highest BCUT2D eigenvalue weighted by Gasteiger charge is 2.08. The van der Waals surface area contributed by atoms with Gasteiger partial charge in [0.2, 0.25) is 0 Å². The van der Waals surface area contributed by atoms with Gasteiger partial charge in [-0.2, -0.15) is 0 Å². The first-order valence-electron chi connectivity index (χ1n) is 5.95. The van der Waals surface area contributed by atoms with Crippen molar-refractivity contribution in [1.82, 2.24) is 9.97 Å². The third-order valence-corrected chi connectivity index (χ3v) is 3.78. The average molecular weight is 285 g/mol. The lowest BCUT2D eigenvalue weighted by atomic mass is 10.2. The monoisotopic (exact) mass is 285 g/mol. The maximum atomic E-state index is 11.0. The first-order valence-corrected chi connectivity index (χ1v) is 6.76. The Morgan fingerprint density at radius 3 is 2.95 bits per heavy atom. The maximum absolute atomic E-state index is 11.0. The number of nitrogens with zero attached hydrogens (tertiary/aromatic N) is 2. The van der Waals surface area contributed by atoms with E-state index in [1.54, 1.807) is 35.6 Å².